The maximum Gasteiger partial charge on any atom is 0.225 e. The Kier molecular flexibility index (Phi) is 5.71. The minimum Gasteiger partial charge on any atom is -0.352 e. The molecule has 0 saturated carbocycles. The lowest BCUT2D eigenvalue weighted by Crippen LogP contribution is -2.32. The summed E-state index contributed by atoms with van der Waals surface area (Å²) in [6.45, 7) is 1.39. The lowest BCUT2D eigenvalue weighted by molar-refractivity contribution is -0.129. The first kappa shape index (κ1) is 17.5. The number of thioether (sulfide) groups is 1. The van der Waals surface area contributed by atoms with E-state index in [2.05, 4.69) is 10.3 Å². The van der Waals surface area contributed by atoms with Crippen LogP contribution in [0.4, 0.5) is 0 Å². The molecule has 1 aromatic heterocycles. The Labute approximate surface area is 151 Å². The molecular weight excluding hydrogens is 334 g/mol. The average Bonchev–Trinajstić information content (AvgIpc) is 3.01. The van der Waals surface area contributed by atoms with Crippen molar-refractivity contribution in [2.75, 3.05) is 12.8 Å². The maximum absolute atomic E-state index is 12.4. The molecule has 0 radical (unpaired) electrons. The summed E-state index contributed by atoms with van der Waals surface area (Å²) in [7, 11) is 0. The Morgan fingerprint density at radius 3 is 2.76 bits per heavy atom. The summed E-state index contributed by atoms with van der Waals surface area (Å²) in [4.78, 5) is 31.7. The second-order valence-corrected chi connectivity index (χ2v) is 6.94. The first-order valence-electron chi connectivity index (χ1n) is 8.24. The van der Waals surface area contributed by atoms with Crippen LogP contribution in [-0.2, 0) is 22.7 Å². The highest BCUT2D eigenvalue weighted by Crippen LogP contribution is 2.20. The van der Waals surface area contributed by atoms with E-state index in [-0.39, 0.29) is 24.2 Å². The van der Waals surface area contributed by atoms with Gasteiger partial charge in [0.1, 0.15) is 0 Å². The Balaban J connectivity index is 1.51. The molecule has 1 aliphatic heterocycles. The van der Waals surface area contributed by atoms with Gasteiger partial charge in [-0.05, 0) is 36.1 Å². The Hall–Kier alpha value is -2.34. The lowest BCUT2D eigenvalue weighted by Gasteiger charge is -2.16. The fraction of sp³-hybridized carbons (Fsp3) is 0.316. The summed E-state index contributed by atoms with van der Waals surface area (Å²) in [5.74, 6) is -0.345. The fourth-order valence-electron chi connectivity index (χ4n) is 2.86. The molecule has 2 heterocycles. The van der Waals surface area contributed by atoms with Gasteiger partial charge in [-0.1, -0.05) is 18.2 Å². The van der Waals surface area contributed by atoms with Gasteiger partial charge in [0.2, 0.25) is 11.8 Å². The van der Waals surface area contributed by atoms with Crippen LogP contribution in [0.25, 0.3) is 0 Å². The standard InChI is InChI=1S/C19H21N3O2S/c1-25-17-7-5-14(6-8-17)11-21-19(24)15-10-18(23)22(12-15)13-16-4-2-3-9-20-16/h2-9,15H,10-13H2,1H3,(H,21,24). The SMILES string of the molecule is CSc1ccc(CNC(=O)C2CC(=O)N(Cc3ccccn3)C2)cc1. The highest BCUT2D eigenvalue weighted by atomic mass is 32.2. The minimum atomic E-state index is -0.290. The van der Waals surface area contributed by atoms with Crippen LogP contribution in [0.1, 0.15) is 17.7 Å². The number of nitrogens with zero attached hydrogens (tertiary/aromatic N) is 2. The molecule has 1 fully saturated rings. The summed E-state index contributed by atoms with van der Waals surface area (Å²) >= 11 is 1.69. The van der Waals surface area contributed by atoms with Crippen molar-refractivity contribution < 1.29 is 9.59 Å². The van der Waals surface area contributed by atoms with Crippen LogP contribution in [0.2, 0.25) is 0 Å². The number of rotatable bonds is 6. The predicted octanol–water partition coefficient (Wildman–Crippen LogP) is 2.47. The summed E-state index contributed by atoms with van der Waals surface area (Å²) in [6, 6.07) is 13.7. The van der Waals surface area contributed by atoms with E-state index >= 15 is 0 Å². The zero-order valence-electron chi connectivity index (χ0n) is 14.1. The van der Waals surface area contributed by atoms with Gasteiger partial charge in [-0.3, -0.25) is 14.6 Å². The van der Waals surface area contributed by atoms with Crippen LogP contribution in [-0.4, -0.2) is 34.5 Å². The van der Waals surface area contributed by atoms with Crippen molar-refractivity contribution in [2.45, 2.75) is 24.4 Å². The first-order valence-corrected chi connectivity index (χ1v) is 9.46. The predicted molar refractivity (Wildman–Crippen MR) is 97.8 cm³/mol. The van der Waals surface area contributed by atoms with Crippen LogP contribution < -0.4 is 5.32 Å². The molecule has 0 spiro atoms. The summed E-state index contributed by atoms with van der Waals surface area (Å²) in [6.07, 6.45) is 4.01. The molecule has 130 valence electrons. The van der Waals surface area contributed by atoms with Gasteiger partial charge in [-0.15, -0.1) is 11.8 Å². The molecule has 1 aliphatic rings. The Bertz CT molecular complexity index is 734. The molecule has 2 amide bonds. The molecule has 0 aliphatic carbocycles. The number of pyridine rings is 1. The molecule has 0 bridgehead atoms. The van der Waals surface area contributed by atoms with E-state index in [1.165, 1.54) is 4.90 Å². The number of amides is 2. The molecule has 5 nitrogen and oxygen atoms in total. The van der Waals surface area contributed by atoms with E-state index in [0.29, 0.717) is 19.6 Å². The zero-order chi connectivity index (χ0) is 17.6. The number of benzene rings is 1. The summed E-state index contributed by atoms with van der Waals surface area (Å²) in [5.41, 5.74) is 1.90. The second kappa shape index (κ2) is 8.16. The van der Waals surface area contributed by atoms with Crippen molar-refractivity contribution in [1.82, 2.24) is 15.2 Å². The number of hydrogen-bond acceptors (Lipinski definition) is 4. The molecule has 1 saturated heterocycles. The highest BCUT2D eigenvalue weighted by Gasteiger charge is 2.34. The number of likely N-dealkylation sites (tertiary alicyclic amines) is 1. The van der Waals surface area contributed by atoms with Crippen LogP contribution in [0.15, 0.2) is 53.6 Å². The number of nitrogens with one attached hydrogen (secondary N) is 1. The smallest absolute Gasteiger partial charge is 0.225 e. The molecule has 1 aromatic carbocycles. The van der Waals surface area contributed by atoms with Crippen molar-refractivity contribution in [2.24, 2.45) is 5.92 Å². The minimum absolute atomic E-state index is 0.00938. The molecule has 25 heavy (non-hydrogen) atoms. The van der Waals surface area contributed by atoms with E-state index < -0.39 is 0 Å². The van der Waals surface area contributed by atoms with E-state index in [1.807, 2.05) is 48.7 Å². The molecule has 1 atom stereocenters. The number of carbonyl (C=O) groups excluding carboxylic acids is 2. The highest BCUT2D eigenvalue weighted by molar-refractivity contribution is 7.98. The lowest BCUT2D eigenvalue weighted by atomic mass is 10.1. The Morgan fingerprint density at radius 2 is 2.08 bits per heavy atom. The second-order valence-electron chi connectivity index (χ2n) is 6.06. The van der Waals surface area contributed by atoms with Gasteiger partial charge in [-0.25, -0.2) is 0 Å². The van der Waals surface area contributed by atoms with Crippen LogP contribution in [0, 0.1) is 5.92 Å². The van der Waals surface area contributed by atoms with Crippen LogP contribution in [0.5, 0.6) is 0 Å². The van der Waals surface area contributed by atoms with Gasteiger partial charge in [0.25, 0.3) is 0 Å². The number of hydrogen-bond donors (Lipinski definition) is 1. The van der Waals surface area contributed by atoms with Gasteiger partial charge >= 0.3 is 0 Å². The van der Waals surface area contributed by atoms with Gasteiger partial charge in [-0.2, -0.15) is 0 Å². The van der Waals surface area contributed by atoms with Gasteiger partial charge in [0.05, 0.1) is 18.2 Å². The largest absolute Gasteiger partial charge is 0.352 e. The molecule has 1 unspecified atom stereocenters. The molecule has 6 heteroatoms. The molecule has 1 N–H and O–H groups in total. The molecule has 3 rings (SSSR count). The third kappa shape index (κ3) is 4.60. The van der Waals surface area contributed by atoms with Crippen molar-refractivity contribution in [3.05, 3.63) is 59.9 Å². The van der Waals surface area contributed by atoms with Crippen molar-refractivity contribution >= 4 is 23.6 Å². The summed E-state index contributed by atoms with van der Waals surface area (Å²) in [5, 5.41) is 2.94. The zero-order valence-corrected chi connectivity index (χ0v) is 15.0. The van der Waals surface area contributed by atoms with E-state index in [4.69, 9.17) is 0 Å². The molecular formula is C19H21N3O2S. The Morgan fingerprint density at radius 1 is 1.28 bits per heavy atom. The quantitative estimate of drug-likeness (QED) is 0.809. The number of carbonyl (C=O) groups is 2. The van der Waals surface area contributed by atoms with Crippen LogP contribution >= 0.6 is 11.8 Å². The number of aromatic nitrogens is 1. The van der Waals surface area contributed by atoms with Crippen molar-refractivity contribution in [3.63, 3.8) is 0 Å². The topological polar surface area (TPSA) is 62.3 Å². The van der Waals surface area contributed by atoms with Crippen molar-refractivity contribution in [3.8, 4) is 0 Å². The van der Waals surface area contributed by atoms with Gasteiger partial charge in [0, 0.05) is 30.6 Å². The fourth-order valence-corrected chi connectivity index (χ4v) is 3.27. The van der Waals surface area contributed by atoms with E-state index in [9.17, 15) is 9.59 Å². The third-order valence-corrected chi connectivity index (χ3v) is 5.03. The van der Waals surface area contributed by atoms with E-state index in [0.717, 1.165) is 11.3 Å². The average molecular weight is 355 g/mol. The normalized spacial score (nSPS) is 16.9. The first-order chi connectivity index (χ1) is 12.2. The monoisotopic (exact) mass is 355 g/mol. The molecule has 2 aromatic rings. The third-order valence-electron chi connectivity index (χ3n) is 4.29. The van der Waals surface area contributed by atoms with Crippen molar-refractivity contribution in [1.29, 1.82) is 0 Å². The van der Waals surface area contributed by atoms with E-state index in [1.54, 1.807) is 22.9 Å². The van der Waals surface area contributed by atoms with Gasteiger partial charge < -0.3 is 10.2 Å². The van der Waals surface area contributed by atoms with Crippen LogP contribution in [0.3, 0.4) is 0 Å². The van der Waals surface area contributed by atoms with Gasteiger partial charge in [0.15, 0.2) is 0 Å². The summed E-state index contributed by atoms with van der Waals surface area (Å²) < 4.78 is 0. The maximum atomic E-state index is 12.4.